The molecule has 1 aromatic carbocycles. The largest absolute Gasteiger partial charge is 0.384 e. The molecule has 0 aliphatic carbocycles. The molecule has 2 rings (SSSR count). The first-order chi connectivity index (χ1) is 9.99. The van der Waals surface area contributed by atoms with Crippen molar-refractivity contribution in [2.75, 3.05) is 17.7 Å². The van der Waals surface area contributed by atoms with E-state index in [1.165, 1.54) is 0 Å². The lowest BCUT2D eigenvalue weighted by Gasteiger charge is -2.11. The van der Waals surface area contributed by atoms with E-state index >= 15 is 0 Å². The van der Waals surface area contributed by atoms with Crippen molar-refractivity contribution in [1.82, 2.24) is 9.97 Å². The average molecular weight is 348 g/mol. The lowest BCUT2D eigenvalue weighted by Crippen LogP contribution is -2.05. The Balaban J connectivity index is 2.27. The molecule has 0 fully saturated rings. The zero-order valence-electron chi connectivity index (χ0n) is 11.2. The normalized spacial score (nSPS) is 10.7. The molecule has 0 amide bonds. The van der Waals surface area contributed by atoms with E-state index in [0.29, 0.717) is 44.8 Å². The number of hydrogen-bond donors (Lipinski definition) is 2. The number of benzene rings is 1. The molecule has 0 bridgehead atoms. The van der Waals surface area contributed by atoms with E-state index in [4.69, 9.17) is 45.3 Å². The monoisotopic (exact) mass is 346 g/mol. The van der Waals surface area contributed by atoms with Crippen LogP contribution in [0.4, 0.5) is 17.3 Å². The number of anilines is 3. The molecule has 0 saturated heterocycles. The minimum Gasteiger partial charge on any atom is -0.384 e. The summed E-state index contributed by atoms with van der Waals surface area (Å²) in [6.45, 7) is 2.74. The fraction of sp³-hybridized carbons (Fsp3) is 0.231. The predicted molar refractivity (Wildman–Crippen MR) is 86.5 cm³/mol. The van der Waals surface area contributed by atoms with Crippen LogP contribution in [0.15, 0.2) is 18.2 Å². The third kappa shape index (κ3) is 4.35. The Hall–Kier alpha value is -1.27. The van der Waals surface area contributed by atoms with Crippen LogP contribution in [-0.4, -0.2) is 16.6 Å². The van der Waals surface area contributed by atoms with Crippen molar-refractivity contribution < 1.29 is 4.74 Å². The highest BCUT2D eigenvalue weighted by atomic mass is 35.5. The maximum absolute atomic E-state index is 6.11. The van der Waals surface area contributed by atoms with Crippen LogP contribution in [0.5, 0.6) is 0 Å². The molecule has 0 atom stereocenters. The number of aromatic nitrogens is 2. The summed E-state index contributed by atoms with van der Waals surface area (Å²) in [5.41, 5.74) is 6.33. The Morgan fingerprint density at radius 3 is 2.52 bits per heavy atom. The smallest absolute Gasteiger partial charge is 0.158 e. The number of nitrogens with zero attached hydrogens (tertiary/aromatic N) is 2. The fourth-order valence-corrected chi connectivity index (χ4v) is 2.19. The van der Waals surface area contributed by atoms with Gasteiger partial charge in [0.1, 0.15) is 18.2 Å². The van der Waals surface area contributed by atoms with Gasteiger partial charge in [-0.2, -0.15) is 0 Å². The number of nitrogen functional groups attached to an aromatic ring is 1. The van der Waals surface area contributed by atoms with E-state index in [1.54, 1.807) is 18.2 Å². The van der Waals surface area contributed by atoms with Gasteiger partial charge < -0.3 is 15.8 Å². The summed E-state index contributed by atoms with van der Waals surface area (Å²) >= 11 is 18.0. The van der Waals surface area contributed by atoms with Gasteiger partial charge in [-0.15, -0.1) is 0 Å². The molecule has 5 nitrogen and oxygen atoms in total. The van der Waals surface area contributed by atoms with Gasteiger partial charge in [0, 0.05) is 12.7 Å². The summed E-state index contributed by atoms with van der Waals surface area (Å²) in [7, 11) is 0. The number of ether oxygens (including phenoxy) is 1. The first kappa shape index (κ1) is 16.1. The third-order valence-corrected chi connectivity index (χ3v) is 3.54. The minimum absolute atomic E-state index is 0.283. The van der Waals surface area contributed by atoms with Crippen LogP contribution in [0.25, 0.3) is 0 Å². The van der Waals surface area contributed by atoms with Gasteiger partial charge in [0.15, 0.2) is 5.82 Å². The van der Waals surface area contributed by atoms with Gasteiger partial charge in [0.2, 0.25) is 0 Å². The summed E-state index contributed by atoms with van der Waals surface area (Å²) in [6, 6.07) is 4.76. The van der Waals surface area contributed by atoms with Crippen LogP contribution in [0.1, 0.15) is 12.7 Å². The number of hydrogen-bond acceptors (Lipinski definition) is 5. The molecule has 0 unspecified atom stereocenters. The Kier molecular flexibility index (Phi) is 5.47. The van der Waals surface area contributed by atoms with E-state index < -0.39 is 0 Å². The van der Waals surface area contributed by atoms with E-state index in [2.05, 4.69) is 15.3 Å². The lowest BCUT2D eigenvalue weighted by atomic mass is 10.3. The highest BCUT2D eigenvalue weighted by Crippen LogP contribution is 2.33. The van der Waals surface area contributed by atoms with E-state index in [9.17, 15) is 0 Å². The van der Waals surface area contributed by atoms with Crippen LogP contribution in [0.3, 0.4) is 0 Å². The van der Waals surface area contributed by atoms with Crippen molar-refractivity contribution in [3.63, 3.8) is 0 Å². The second kappa shape index (κ2) is 7.13. The van der Waals surface area contributed by atoms with Crippen molar-refractivity contribution in [2.24, 2.45) is 0 Å². The third-order valence-electron chi connectivity index (χ3n) is 2.50. The van der Waals surface area contributed by atoms with E-state index in [-0.39, 0.29) is 6.61 Å². The molecule has 0 aliphatic rings. The molecule has 8 heteroatoms. The lowest BCUT2D eigenvalue weighted by molar-refractivity contribution is 0.128. The van der Waals surface area contributed by atoms with E-state index in [0.717, 1.165) is 0 Å². The summed E-state index contributed by atoms with van der Waals surface area (Å²) in [6.07, 6.45) is 0. The molecule has 1 heterocycles. The second-order valence-corrected chi connectivity index (χ2v) is 5.32. The van der Waals surface area contributed by atoms with Gasteiger partial charge in [-0.25, -0.2) is 9.97 Å². The van der Waals surface area contributed by atoms with Gasteiger partial charge in [0.25, 0.3) is 0 Å². The van der Waals surface area contributed by atoms with Gasteiger partial charge in [-0.1, -0.05) is 34.8 Å². The Labute approximate surface area is 137 Å². The zero-order chi connectivity index (χ0) is 15.4. The minimum atomic E-state index is 0.283. The van der Waals surface area contributed by atoms with Gasteiger partial charge in [-0.05, 0) is 19.1 Å². The van der Waals surface area contributed by atoms with Crippen molar-refractivity contribution in [1.29, 1.82) is 0 Å². The maximum atomic E-state index is 6.11. The predicted octanol–water partition coefficient (Wildman–Crippen LogP) is 4.30. The zero-order valence-corrected chi connectivity index (χ0v) is 13.4. The average Bonchev–Trinajstić information content (AvgIpc) is 2.42. The van der Waals surface area contributed by atoms with Crippen molar-refractivity contribution in [3.05, 3.63) is 39.1 Å². The Bertz CT molecular complexity index is 652. The molecule has 2 aromatic rings. The summed E-state index contributed by atoms with van der Waals surface area (Å²) in [5.74, 6) is 1.31. The number of nitrogens with one attached hydrogen (secondary N) is 1. The van der Waals surface area contributed by atoms with Gasteiger partial charge >= 0.3 is 0 Å². The molecule has 1 aromatic heterocycles. The Morgan fingerprint density at radius 1 is 1.10 bits per heavy atom. The fourth-order valence-electron chi connectivity index (χ4n) is 1.60. The highest BCUT2D eigenvalue weighted by Gasteiger charge is 2.09. The SMILES string of the molecule is CCOCc1nc(N)cc(Nc2cc(Cl)c(Cl)cc2Cl)n1. The summed E-state index contributed by atoms with van der Waals surface area (Å²) in [4.78, 5) is 8.39. The quantitative estimate of drug-likeness (QED) is 0.789. The van der Waals surface area contributed by atoms with Crippen LogP contribution < -0.4 is 11.1 Å². The molecule has 21 heavy (non-hydrogen) atoms. The van der Waals surface area contributed by atoms with Crippen molar-refractivity contribution >= 4 is 52.1 Å². The van der Waals surface area contributed by atoms with Gasteiger partial charge in [-0.3, -0.25) is 0 Å². The molecular weight excluding hydrogens is 335 g/mol. The van der Waals surface area contributed by atoms with Crippen molar-refractivity contribution in [2.45, 2.75) is 13.5 Å². The first-order valence-electron chi connectivity index (χ1n) is 6.12. The highest BCUT2D eigenvalue weighted by molar-refractivity contribution is 6.44. The topological polar surface area (TPSA) is 73.1 Å². The molecule has 0 spiro atoms. The number of halogens is 3. The molecule has 0 radical (unpaired) electrons. The molecule has 112 valence electrons. The van der Waals surface area contributed by atoms with E-state index in [1.807, 2.05) is 6.92 Å². The molecule has 3 N–H and O–H groups in total. The standard InChI is InChI=1S/C13H13Cl3N4O/c1-2-21-6-13-19-11(17)5-12(20-13)18-10-4-8(15)7(14)3-9(10)16/h3-5H,2,6H2,1H3,(H3,17,18,19,20). The van der Waals surface area contributed by atoms with Crippen LogP contribution in [0.2, 0.25) is 15.1 Å². The second-order valence-electron chi connectivity index (χ2n) is 4.10. The number of nitrogens with two attached hydrogens (primary N) is 1. The summed E-state index contributed by atoms with van der Waals surface area (Å²) in [5, 5.41) is 4.23. The Morgan fingerprint density at radius 2 is 1.81 bits per heavy atom. The maximum Gasteiger partial charge on any atom is 0.158 e. The summed E-state index contributed by atoms with van der Waals surface area (Å²) < 4.78 is 5.27. The van der Waals surface area contributed by atoms with Crippen LogP contribution in [-0.2, 0) is 11.3 Å². The van der Waals surface area contributed by atoms with Crippen LogP contribution >= 0.6 is 34.8 Å². The number of rotatable bonds is 5. The van der Waals surface area contributed by atoms with Gasteiger partial charge in [0.05, 0.1) is 20.8 Å². The van der Waals surface area contributed by atoms with Crippen molar-refractivity contribution in [3.8, 4) is 0 Å². The van der Waals surface area contributed by atoms with Crippen LogP contribution in [0, 0.1) is 0 Å². The molecule has 0 saturated carbocycles. The first-order valence-corrected chi connectivity index (χ1v) is 7.25. The molecule has 0 aliphatic heterocycles. The molecular formula is C13H13Cl3N4O.